The number of amides is 2. The molecule has 0 radical (unpaired) electrons. The van der Waals surface area contributed by atoms with Crippen LogP contribution in [0, 0.1) is 5.92 Å². The summed E-state index contributed by atoms with van der Waals surface area (Å²) in [6.45, 7) is 10.3. The van der Waals surface area contributed by atoms with Crippen molar-refractivity contribution in [2.75, 3.05) is 92.4 Å². The highest BCUT2D eigenvalue weighted by atomic mass is 19.1. The van der Waals surface area contributed by atoms with Crippen molar-refractivity contribution in [3.05, 3.63) is 0 Å². The Kier molecular flexibility index (Phi) is 23.7. The Hall–Kier alpha value is -1.37. The molecule has 0 spiro atoms. The maximum absolute atomic E-state index is 13.7. The third-order valence-corrected chi connectivity index (χ3v) is 4.65. The van der Waals surface area contributed by atoms with Crippen LogP contribution in [0.4, 0.5) is 4.39 Å². The van der Waals surface area contributed by atoms with Gasteiger partial charge in [0.2, 0.25) is 11.8 Å². The highest BCUT2D eigenvalue weighted by Crippen LogP contribution is 2.07. The fraction of sp³-hybridized carbons (Fsp3) is 0.913. The summed E-state index contributed by atoms with van der Waals surface area (Å²) >= 11 is 0. The highest BCUT2D eigenvalue weighted by molar-refractivity contribution is 5.78. The lowest BCUT2D eigenvalue weighted by Gasteiger charge is -2.15. The Bertz CT molecular complexity index is 484. The van der Waals surface area contributed by atoms with Crippen LogP contribution < -0.4 is 10.6 Å². The molecule has 0 fully saturated rings. The van der Waals surface area contributed by atoms with Gasteiger partial charge in [0.05, 0.1) is 72.6 Å². The van der Waals surface area contributed by atoms with E-state index in [1.54, 1.807) is 0 Å². The van der Waals surface area contributed by atoms with E-state index in [-0.39, 0.29) is 44.1 Å². The van der Waals surface area contributed by atoms with E-state index in [1.165, 1.54) is 0 Å². The van der Waals surface area contributed by atoms with Crippen LogP contribution in [0.15, 0.2) is 0 Å². The molecule has 202 valence electrons. The number of halogens is 1. The van der Waals surface area contributed by atoms with Crippen molar-refractivity contribution in [2.45, 2.75) is 39.8 Å². The number of hydrogen-bond donors (Lipinski definition) is 2. The number of carbonyl (C=O) groups excluding carboxylic acids is 2. The average molecular weight is 497 g/mol. The number of ether oxygens (including phenoxy) is 6. The van der Waals surface area contributed by atoms with Gasteiger partial charge in [-0.1, -0.05) is 13.8 Å². The molecule has 10 nitrogen and oxygen atoms in total. The molecule has 2 N–H and O–H groups in total. The maximum Gasteiger partial charge on any atom is 0.246 e. The van der Waals surface area contributed by atoms with Gasteiger partial charge in [0.15, 0.2) is 0 Å². The standard InChI is InChI=1S/C23H45FN2O8/c1-4-20(5-2)23(28)26-17-21(24)18-34-16-15-33-14-13-32-12-11-31-10-9-30-8-7-25-22(27)19-29-6-3/h20-21H,4-19H2,1-3H3,(H,25,27)(H,26,28). The second-order valence-corrected chi connectivity index (χ2v) is 7.37. The molecule has 1 atom stereocenters. The molecule has 0 rings (SSSR count). The minimum absolute atomic E-state index is 0.0363. The molecule has 0 bridgehead atoms. The maximum atomic E-state index is 13.7. The van der Waals surface area contributed by atoms with E-state index in [0.717, 1.165) is 12.8 Å². The van der Waals surface area contributed by atoms with E-state index < -0.39 is 6.17 Å². The average Bonchev–Trinajstić information content (AvgIpc) is 2.84. The topological polar surface area (TPSA) is 114 Å². The van der Waals surface area contributed by atoms with Crippen molar-refractivity contribution in [1.29, 1.82) is 0 Å². The van der Waals surface area contributed by atoms with Crippen LogP contribution in [0.3, 0.4) is 0 Å². The summed E-state index contributed by atoms with van der Waals surface area (Å²) in [6, 6.07) is 0. The van der Waals surface area contributed by atoms with Gasteiger partial charge in [-0.3, -0.25) is 9.59 Å². The van der Waals surface area contributed by atoms with E-state index in [1.807, 2.05) is 20.8 Å². The van der Waals surface area contributed by atoms with E-state index in [0.29, 0.717) is 66.0 Å². The van der Waals surface area contributed by atoms with Crippen molar-refractivity contribution in [1.82, 2.24) is 10.6 Å². The van der Waals surface area contributed by atoms with Crippen molar-refractivity contribution in [3.8, 4) is 0 Å². The van der Waals surface area contributed by atoms with Crippen molar-refractivity contribution in [3.63, 3.8) is 0 Å². The number of carbonyl (C=O) groups is 2. The molecular formula is C23H45FN2O8. The van der Waals surface area contributed by atoms with Gasteiger partial charge in [0.1, 0.15) is 12.8 Å². The van der Waals surface area contributed by atoms with Gasteiger partial charge in [0, 0.05) is 19.1 Å². The molecule has 34 heavy (non-hydrogen) atoms. The quantitative estimate of drug-likeness (QED) is 0.181. The first-order valence-corrected chi connectivity index (χ1v) is 12.2. The third kappa shape index (κ3) is 21.2. The molecule has 0 saturated carbocycles. The summed E-state index contributed by atoms with van der Waals surface area (Å²) in [5, 5.41) is 5.31. The normalized spacial score (nSPS) is 12.1. The summed E-state index contributed by atoms with van der Waals surface area (Å²) in [4.78, 5) is 23.1. The van der Waals surface area contributed by atoms with Crippen LogP contribution >= 0.6 is 0 Å². The van der Waals surface area contributed by atoms with E-state index in [9.17, 15) is 14.0 Å². The molecule has 0 saturated heterocycles. The summed E-state index contributed by atoms with van der Waals surface area (Å²) in [6.07, 6.45) is 0.259. The van der Waals surface area contributed by atoms with Crippen LogP contribution in [-0.2, 0) is 38.0 Å². The second-order valence-electron chi connectivity index (χ2n) is 7.37. The predicted molar refractivity (Wildman–Crippen MR) is 126 cm³/mol. The fourth-order valence-electron chi connectivity index (χ4n) is 2.67. The van der Waals surface area contributed by atoms with Crippen LogP contribution in [0.2, 0.25) is 0 Å². The van der Waals surface area contributed by atoms with Gasteiger partial charge in [-0.15, -0.1) is 0 Å². The number of rotatable bonds is 25. The van der Waals surface area contributed by atoms with Crippen LogP contribution in [0.5, 0.6) is 0 Å². The Morgan fingerprint density at radius 2 is 1.21 bits per heavy atom. The molecule has 0 aliphatic heterocycles. The number of alkyl halides is 1. The molecular weight excluding hydrogens is 451 g/mol. The molecule has 1 unspecified atom stereocenters. The Labute approximate surface area is 203 Å². The Morgan fingerprint density at radius 1 is 0.706 bits per heavy atom. The smallest absolute Gasteiger partial charge is 0.246 e. The molecule has 0 aliphatic carbocycles. The van der Waals surface area contributed by atoms with Gasteiger partial charge >= 0.3 is 0 Å². The van der Waals surface area contributed by atoms with E-state index in [2.05, 4.69) is 10.6 Å². The zero-order valence-corrected chi connectivity index (χ0v) is 21.1. The lowest BCUT2D eigenvalue weighted by molar-refractivity contribution is -0.126. The first-order valence-electron chi connectivity index (χ1n) is 12.2. The molecule has 11 heteroatoms. The fourth-order valence-corrected chi connectivity index (χ4v) is 2.67. The minimum atomic E-state index is -1.24. The molecule has 0 aromatic carbocycles. The lowest BCUT2D eigenvalue weighted by atomic mass is 10.0. The predicted octanol–water partition coefficient (Wildman–Crippen LogP) is 1.11. The largest absolute Gasteiger partial charge is 0.377 e. The van der Waals surface area contributed by atoms with Crippen molar-refractivity contribution in [2.24, 2.45) is 5.92 Å². The van der Waals surface area contributed by atoms with Gasteiger partial charge in [-0.05, 0) is 19.8 Å². The summed E-state index contributed by atoms with van der Waals surface area (Å²) < 4.78 is 45.4. The Balaban J connectivity index is 3.28. The van der Waals surface area contributed by atoms with Crippen LogP contribution in [0.25, 0.3) is 0 Å². The minimum Gasteiger partial charge on any atom is -0.377 e. The number of nitrogens with one attached hydrogen (secondary N) is 2. The summed E-state index contributed by atoms with van der Waals surface area (Å²) in [5.41, 5.74) is 0. The summed E-state index contributed by atoms with van der Waals surface area (Å²) in [7, 11) is 0. The highest BCUT2D eigenvalue weighted by Gasteiger charge is 2.15. The third-order valence-electron chi connectivity index (χ3n) is 4.65. The van der Waals surface area contributed by atoms with Gasteiger partial charge in [-0.2, -0.15) is 0 Å². The SMILES string of the molecule is CCOCC(=O)NCCOCCOCCOCCOCCOCC(F)CNC(=O)C(CC)CC. The van der Waals surface area contributed by atoms with Crippen molar-refractivity contribution >= 4 is 11.8 Å². The molecule has 2 amide bonds. The summed E-state index contributed by atoms with van der Waals surface area (Å²) in [5.74, 6) is -0.323. The van der Waals surface area contributed by atoms with Gasteiger partial charge < -0.3 is 39.1 Å². The number of hydrogen-bond acceptors (Lipinski definition) is 8. The lowest BCUT2D eigenvalue weighted by Crippen LogP contribution is -2.36. The molecule has 0 heterocycles. The molecule has 0 aromatic rings. The Morgan fingerprint density at radius 3 is 1.71 bits per heavy atom. The zero-order valence-electron chi connectivity index (χ0n) is 21.1. The van der Waals surface area contributed by atoms with E-state index >= 15 is 0 Å². The van der Waals surface area contributed by atoms with Gasteiger partial charge in [-0.25, -0.2) is 4.39 Å². The molecule has 0 aromatic heterocycles. The monoisotopic (exact) mass is 496 g/mol. The second kappa shape index (κ2) is 24.7. The molecule has 0 aliphatic rings. The zero-order chi connectivity index (χ0) is 25.3. The first-order chi connectivity index (χ1) is 16.5. The van der Waals surface area contributed by atoms with Crippen LogP contribution in [-0.4, -0.2) is 110 Å². The van der Waals surface area contributed by atoms with E-state index in [4.69, 9.17) is 28.4 Å². The first kappa shape index (κ1) is 32.6. The van der Waals surface area contributed by atoms with Crippen LogP contribution in [0.1, 0.15) is 33.6 Å². The van der Waals surface area contributed by atoms with Gasteiger partial charge in [0.25, 0.3) is 0 Å². The van der Waals surface area contributed by atoms with Crippen molar-refractivity contribution < 1.29 is 42.4 Å².